The Morgan fingerprint density at radius 2 is 1.38 bits per heavy atom. The van der Waals surface area contributed by atoms with E-state index < -0.39 is 15.8 Å². The van der Waals surface area contributed by atoms with Crippen LogP contribution < -0.4 is 10.6 Å². The number of nitrogens with one attached hydrogen (secondary N) is 2. The Morgan fingerprint density at radius 3 is 1.97 bits per heavy atom. The lowest BCUT2D eigenvalue weighted by Gasteiger charge is -2.08. The fourth-order valence-corrected chi connectivity index (χ4v) is 3.37. The molecule has 10 nitrogen and oxygen atoms in total. The molecular formula is C21H16N4O6S. The number of rotatable bonds is 8. The van der Waals surface area contributed by atoms with Gasteiger partial charge in [-0.05, 0) is 42.5 Å². The van der Waals surface area contributed by atoms with Gasteiger partial charge < -0.3 is 10.6 Å². The largest absolute Gasteiger partial charge is 0.325 e. The Labute approximate surface area is 185 Å². The molecule has 0 spiro atoms. The summed E-state index contributed by atoms with van der Waals surface area (Å²) in [4.78, 5) is 45.6. The molecule has 0 radical (unpaired) electrons. The zero-order valence-electron chi connectivity index (χ0n) is 16.4. The first-order valence-electron chi connectivity index (χ1n) is 9.15. The van der Waals surface area contributed by atoms with E-state index in [0.29, 0.717) is 11.4 Å². The summed E-state index contributed by atoms with van der Waals surface area (Å²) >= 11 is 1.25. The van der Waals surface area contributed by atoms with Crippen molar-refractivity contribution in [3.63, 3.8) is 0 Å². The maximum atomic E-state index is 12.3. The minimum Gasteiger partial charge on any atom is -0.325 e. The molecule has 0 atom stereocenters. The molecule has 11 heteroatoms. The number of anilines is 2. The molecular weight excluding hydrogens is 436 g/mol. The number of nitro benzene ring substituents is 2. The Hall–Kier alpha value is -4.25. The highest BCUT2D eigenvalue weighted by Gasteiger charge is 2.11. The van der Waals surface area contributed by atoms with Crippen LogP contribution in [0.1, 0.15) is 10.4 Å². The number of hydrogen-bond acceptors (Lipinski definition) is 7. The van der Waals surface area contributed by atoms with Crippen LogP contribution in [-0.2, 0) is 4.79 Å². The second-order valence-electron chi connectivity index (χ2n) is 6.43. The zero-order valence-corrected chi connectivity index (χ0v) is 17.2. The van der Waals surface area contributed by atoms with Gasteiger partial charge in [-0.25, -0.2) is 0 Å². The minimum absolute atomic E-state index is 0.0648. The summed E-state index contributed by atoms with van der Waals surface area (Å²) in [5.74, 6) is -0.612. The molecule has 0 fully saturated rings. The first-order chi connectivity index (χ1) is 15.3. The van der Waals surface area contributed by atoms with Crippen LogP contribution in [-0.4, -0.2) is 27.4 Å². The molecule has 0 saturated heterocycles. The molecule has 0 aliphatic carbocycles. The summed E-state index contributed by atoms with van der Waals surface area (Å²) in [6.07, 6.45) is 0. The smallest absolute Gasteiger partial charge is 0.269 e. The first kappa shape index (κ1) is 22.4. The van der Waals surface area contributed by atoms with E-state index in [9.17, 15) is 29.8 Å². The number of non-ortho nitro benzene ring substituents is 2. The van der Waals surface area contributed by atoms with E-state index in [1.54, 1.807) is 24.3 Å². The third-order valence-corrected chi connectivity index (χ3v) is 5.16. The van der Waals surface area contributed by atoms with Crippen LogP contribution in [0.5, 0.6) is 0 Å². The van der Waals surface area contributed by atoms with Gasteiger partial charge in [0.15, 0.2) is 0 Å². The van der Waals surface area contributed by atoms with Gasteiger partial charge in [0.2, 0.25) is 5.91 Å². The van der Waals surface area contributed by atoms with Crippen LogP contribution in [0.3, 0.4) is 0 Å². The molecule has 3 aromatic carbocycles. The molecule has 0 bridgehead atoms. The Kier molecular flexibility index (Phi) is 7.13. The highest BCUT2D eigenvalue weighted by Crippen LogP contribution is 2.23. The Morgan fingerprint density at radius 1 is 0.781 bits per heavy atom. The van der Waals surface area contributed by atoms with Crippen LogP contribution in [0.15, 0.2) is 77.7 Å². The maximum Gasteiger partial charge on any atom is 0.269 e. The summed E-state index contributed by atoms with van der Waals surface area (Å²) < 4.78 is 0. The number of carbonyl (C=O) groups excluding carboxylic acids is 2. The number of nitro groups is 2. The lowest BCUT2D eigenvalue weighted by atomic mass is 10.2. The van der Waals surface area contributed by atoms with Crippen LogP contribution in [0.2, 0.25) is 0 Å². The minimum atomic E-state index is -0.542. The molecule has 0 aliphatic rings. The quantitative estimate of drug-likeness (QED) is 0.291. The van der Waals surface area contributed by atoms with E-state index in [2.05, 4.69) is 10.6 Å². The highest BCUT2D eigenvalue weighted by atomic mass is 32.2. The van der Waals surface area contributed by atoms with Crippen molar-refractivity contribution in [2.45, 2.75) is 4.90 Å². The number of hydrogen-bond donors (Lipinski definition) is 2. The normalized spacial score (nSPS) is 10.2. The summed E-state index contributed by atoms with van der Waals surface area (Å²) in [5, 5.41) is 26.8. The molecule has 0 aliphatic heterocycles. The number of amides is 2. The van der Waals surface area contributed by atoms with Crippen molar-refractivity contribution in [3.05, 3.63) is 98.6 Å². The first-order valence-corrected chi connectivity index (χ1v) is 10.1. The van der Waals surface area contributed by atoms with Gasteiger partial charge in [-0.3, -0.25) is 29.8 Å². The summed E-state index contributed by atoms with van der Waals surface area (Å²) in [7, 11) is 0. The summed E-state index contributed by atoms with van der Waals surface area (Å²) in [6, 6.07) is 17.7. The third kappa shape index (κ3) is 6.12. The van der Waals surface area contributed by atoms with Crippen molar-refractivity contribution < 1.29 is 19.4 Å². The van der Waals surface area contributed by atoms with Crippen LogP contribution in [0.4, 0.5) is 22.7 Å². The van der Waals surface area contributed by atoms with Crippen molar-refractivity contribution in [2.75, 3.05) is 16.4 Å². The molecule has 3 rings (SSSR count). The third-order valence-electron chi connectivity index (χ3n) is 4.16. The van der Waals surface area contributed by atoms with Gasteiger partial charge >= 0.3 is 0 Å². The van der Waals surface area contributed by atoms with E-state index in [4.69, 9.17) is 0 Å². The lowest BCUT2D eigenvalue weighted by molar-refractivity contribution is -0.385. The number of nitrogens with zero attached hydrogens (tertiary/aromatic N) is 2. The predicted octanol–water partition coefficient (Wildman–Crippen LogP) is 4.49. The second-order valence-corrected chi connectivity index (χ2v) is 7.48. The number of thioether (sulfide) groups is 1. The van der Waals surface area contributed by atoms with Gasteiger partial charge in [0.1, 0.15) is 0 Å². The molecule has 0 unspecified atom stereocenters. The molecule has 0 heterocycles. The van der Waals surface area contributed by atoms with E-state index in [-0.39, 0.29) is 28.6 Å². The molecule has 2 N–H and O–H groups in total. The van der Waals surface area contributed by atoms with E-state index >= 15 is 0 Å². The fourth-order valence-electron chi connectivity index (χ4n) is 2.61. The average Bonchev–Trinajstić information content (AvgIpc) is 2.78. The van der Waals surface area contributed by atoms with E-state index in [1.165, 1.54) is 60.3 Å². The summed E-state index contributed by atoms with van der Waals surface area (Å²) in [6.45, 7) is 0. The molecule has 32 heavy (non-hydrogen) atoms. The maximum absolute atomic E-state index is 12.3. The van der Waals surface area contributed by atoms with Crippen molar-refractivity contribution >= 4 is 46.3 Å². The van der Waals surface area contributed by atoms with Crippen molar-refractivity contribution in [1.82, 2.24) is 0 Å². The van der Waals surface area contributed by atoms with Gasteiger partial charge in [-0.15, -0.1) is 11.8 Å². The Bertz CT molecular complexity index is 1170. The van der Waals surface area contributed by atoms with Crippen molar-refractivity contribution in [1.29, 1.82) is 0 Å². The second kappa shape index (κ2) is 10.2. The molecule has 2 amide bonds. The van der Waals surface area contributed by atoms with Crippen molar-refractivity contribution in [2.24, 2.45) is 0 Å². The topological polar surface area (TPSA) is 144 Å². The monoisotopic (exact) mass is 452 g/mol. The molecule has 0 saturated carbocycles. The Balaban J connectivity index is 1.55. The molecule has 3 aromatic rings. The predicted molar refractivity (Wildman–Crippen MR) is 120 cm³/mol. The molecule has 162 valence electrons. The van der Waals surface area contributed by atoms with Crippen LogP contribution in [0, 0.1) is 20.2 Å². The SMILES string of the molecule is O=C(CSc1cccc(NC(=O)c2ccc([N+](=O)[O-])cc2)c1)Nc1ccc([N+](=O)[O-])cc1. The van der Waals surface area contributed by atoms with Gasteiger partial charge in [0.25, 0.3) is 17.3 Å². The molecule has 0 aromatic heterocycles. The van der Waals surface area contributed by atoms with Gasteiger partial charge in [-0.2, -0.15) is 0 Å². The highest BCUT2D eigenvalue weighted by molar-refractivity contribution is 8.00. The standard InChI is InChI=1S/C21H16N4O6S/c26-20(22-15-6-10-18(11-7-15)25(30)31)13-32-19-3-1-2-16(12-19)23-21(27)14-4-8-17(9-5-14)24(28)29/h1-12H,13H2,(H,22,26)(H,23,27). The number of benzene rings is 3. The van der Waals surface area contributed by atoms with Gasteiger partial charge in [0.05, 0.1) is 15.6 Å². The van der Waals surface area contributed by atoms with E-state index in [0.717, 1.165) is 4.90 Å². The average molecular weight is 452 g/mol. The van der Waals surface area contributed by atoms with Gasteiger partial charge in [-0.1, -0.05) is 6.07 Å². The summed E-state index contributed by atoms with van der Waals surface area (Å²) in [5.41, 5.74) is 1.06. The van der Waals surface area contributed by atoms with Gasteiger partial charge in [0, 0.05) is 46.1 Å². The van der Waals surface area contributed by atoms with Crippen LogP contribution in [0.25, 0.3) is 0 Å². The van der Waals surface area contributed by atoms with Crippen LogP contribution >= 0.6 is 11.8 Å². The number of carbonyl (C=O) groups is 2. The fraction of sp³-hybridized carbons (Fsp3) is 0.0476. The lowest BCUT2D eigenvalue weighted by Crippen LogP contribution is -2.14. The van der Waals surface area contributed by atoms with E-state index in [1.807, 2.05) is 0 Å². The zero-order chi connectivity index (χ0) is 23.1. The van der Waals surface area contributed by atoms with Crippen molar-refractivity contribution in [3.8, 4) is 0 Å².